The van der Waals surface area contributed by atoms with Crippen molar-refractivity contribution >= 4 is 27.9 Å². The number of rotatable bonds is 3. The molecule has 5 rings (SSSR count). The van der Waals surface area contributed by atoms with Crippen LogP contribution in [0.5, 0.6) is 0 Å². The SMILES string of the molecule is C[C@@H](c1nc2ccccc2c(=O)[nH]1)N1CCCN(c2nc3ccccc3[nH]2)CC1. The van der Waals surface area contributed by atoms with Crippen molar-refractivity contribution in [3.63, 3.8) is 0 Å². The summed E-state index contributed by atoms with van der Waals surface area (Å²) in [6.07, 6.45) is 1.03. The van der Waals surface area contributed by atoms with Gasteiger partial charge in [0, 0.05) is 26.2 Å². The average molecular weight is 388 g/mol. The number of benzene rings is 2. The quantitative estimate of drug-likeness (QED) is 0.564. The number of aromatic amines is 2. The van der Waals surface area contributed by atoms with Crippen molar-refractivity contribution in [2.24, 2.45) is 0 Å². The molecule has 0 bridgehead atoms. The van der Waals surface area contributed by atoms with Gasteiger partial charge in [-0.15, -0.1) is 0 Å². The number of H-pyrrole nitrogens is 2. The number of imidazole rings is 1. The van der Waals surface area contributed by atoms with Crippen molar-refractivity contribution in [2.45, 2.75) is 19.4 Å². The summed E-state index contributed by atoms with van der Waals surface area (Å²) >= 11 is 0. The molecule has 3 heterocycles. The molecule has 0 aliphatic carbocycles. The van der Waals surface area contributed by atoms with Crippen molar-refractivity contribution in [1.29, 1.82) is 0 Å². The third-order valence-corrected chi connectivity index (χ3v) is 5.78. The normalized spacial score (nSPS) is 16.9. The van der Waals surface area contributed by atoms with Gasteiger partial charge >= 0.3 is 0 Å². The van der Waals surface area contributed by atoms with Crippen molar-refractivity contribution < 1.29 is 0 Å². The van der Waals surface area contributed by atoms with Crippen LogP contribution in [-0.2, 0) is 0 Å². The Hall–Kier alpha value is -3.19. The van der Waals surface area contributed by atoms with Gasteiger partial charge in [-0.05, 0) is 37.6 Å². The van der Waals surface area contributed by atoms with Crippen LogP contribution in [0.1, 0.15) is 25.2 Å². The zero-order valence-corrected chi connectivity index (χ0v) is 16.4. The molecular weight excluding hydrogens is 364 g/mol. The molecule has 1 aliphatic rings. The molecule has 1 aliphatic heterocycles. The number of fused-ring (bicyclic) bond motifs is 2. The first-order chi connectivity index (χ1) is 14.2. The van der Waals surface area contributed by atoms with E-state index >= 15 is 0 Å². The largest absolute Gasteiger partial charge is 0.341 e. The molecule has 2 N–H and O–H groups in total. The molecule has 29 heavy (non-hydrogen) atoms. The Morgan fingerprint density at radius 2 is 1.69 bits per heavy atom. The lowest BCUT2D eigenvalue weighted by Crippen LogP contribution is -2.34. The fourth-order valence-electron chi connectivity index (χ4n) is 4.10. The van der Waals surface area contributed by atoms with Crippen LogP contribution in [0.4, 0.5) is 5.95 Å². The molecule has 0 saturated carbocycles. The van der Waals surface area contributed by atoms with Gasteiger partial charge in [-0.2, -0.15) is 0 Å². The van der Waals surface area contributed by atoms with E-state index in [9.17, 15) is 4.79 Å². The van der Waals surface area contributed by atoms with Crippen molar-refractivity contribution in [1.82, 2.24) is 24.8 Å². The van der Waals surface area contributed by atoms with Crippen LogP contribution in [0.25, 0.3) is 21.9 Å². The molecule has 1 fully saturated rings. The molecule has 0 spiro atoms. The highest BCUT2D eigenvalue weighted by molar-refractivity contribution is 5.78. The van der Waals surface area contributed by atoms with E-state index in [0.29, 0.717) is 5.39 Å². The highest BCUT2D eigenvalue weighted by atomic mass is 16.1. The monoisotopic (exact) mass is 388 g/mol. The van der Waals surface area contributed by atoms with Crippen molar-refractivity contribution in [3.8, 4) is 0 Å². The molecule has 0 amide bonds. The maximum absolute atomic E-state index is 12.4. The second-order valence-electron chi connectivity index (χ2n) is 7.60. The highest BCUT2D eigenvalue weighted by Crippen LogP contribution is 2.22. The molecular formula is C22H24N6O. The van der Waals surface area contributed by atoms with E-state index in [2.05, 4.69) is 32.8 Å². The Bertz CT molecular complexity index is 1180. The van der Waals surface area contributed by atoms with Gasteiger partial charge in [0.05, 0.1) is 28.0 Å². The van der Waals surface area contributed by atoms with E-state index in [1.54, 1.807) is 0 Å². The van der Waals surface area contributed by atoms with Crippen molar-refractivity contribution in [3.05, 3.63) is 64.7 Å². The Morgan fingerprint density at radius 1 is 0.897 bits per heavy atom. The molecule has 0 radical (unpaired) electrons. The third-order valence-electron chi connectivity index (χ3n) is 5.78. The lowest BCUT2D eigenvalue weighted by molar-refractivity contribution is 0.218. The molecule has 4 aromatic rings. The Morgan fingerprint density at radius 3 is 2.55 bits per heavy atom. The summed E-state index contributed by atoms with van der Waals surface area (Å²) in [5.74, 6) is 1.66. The number of nitrogens with zero attached hydrogens (tertiary/aromatic N) is 4. The Labute approximate surface area is 168 Å². The van der Waals surface area contributed by atoms with Gasteiger partial charge in [-0.1, -0.05) is 24.3 Å². The summed E-state index contributed by atoms with van der Waals surface area (Å²) in [4.78, 5) is 33.0. The van der Waals surface area contributed by atoms with Crippen LogP contribution in [0.3, 0.4) is 0 Å². The minimum absolute atomic E-state index is 0.0444. The van der Waals surface area contributed by atoms with Gasteiger partial charge in [-0.3, -0.25) is 9.69 Å². The average Bonchev–Trinajstić information content (AvgIpc) is 3.02. The van der Waals surface area contributed by atoms with Crippen LogP contribution in [0.2, 0.25) is 0 Å². The zero-order chi connectivity index (χ0) is 19.8. The van der Waals surface area contributed by atoms with Crippen LogP contribution in [0, 0.1) is 0 Å². The first kappa shape index (κ1) is 17.9. The predicted molar refractivity (Wildman–Crippen MR) is 115 cm³/mol. The van der Waals surface area contributed by atoms with Crippen LogP contribution < -0.4 is 10.5 Å². The minimum Gasteiger partial charge on any atom is -0.341 e. The summed E-state index contributed by atoms with van der Waals surface area (Å²) in [5, 5.41) is 0.635. The Balaban J connectivity index is 1.35. The molecule has 2 aromatic heterocycles. The van der Waals surface area contributed by atoms with E-state index in [-0.39, 0.29) is 11.6 Å². The summed E-state index contributed by atoms with van der Waals surface area (Å²) in [7, 11) is 0. The predicted octanol–water partition coefficient (Wildman–Crippen LogP) is 3.07. The molecule has 148 valence electrons. The zero-order valence-electron chi connectivity index (χ0n) is 16.4. The molecule has 1 atom stereocenters. The van der Waals surface area contributed by atoms with Crippen LogP contribution in [-0.4, -0.2) is 51.0 Å². The lowest BCUT2D eigenvalue weighted by Gasteiger charge is -2.27. The fraction of sp³-hybridized carbons (Fsp3) is 0.318. The van der Waals surface area contributed by atoms with E-state index in [1.165, 1.54) is 0 Å². The summed E-state index contributed by atoms with van der Waals surface area (Å²) in [5.41, 5.74) is 2.73. The maximum atomic E-state index is 12.4. The summed E-state index contributed by atoms with van der Waals surface area (Å²) in [6.45, 7) is 5.78. The van der Waals surface area contributed by atoms with E-state index in [4.69, 9.17) is 9.97 Å². The first-order valence-corrected chi connectivity index (χ1v) is 10.1. The number of hydrogen-bond acceptors (Lipinski definition) is 5. The number of hydrogen-bond donors (Lipinski definition) is 2. The molecule has 1 saturated heterocycles. The lowest BCUT2D eigenvalue weighted by atomic mass is 10.2. The number of para-hydroxylation sites is 3. The number of nitrogens with one attached hydrogen (secondary N) is 2. The van der Waals surface area contributed by atoms with Crippen LogP contribution >= 0.6 is 0 Å². The van der Waals surface area contributed by atoms with E-state index in [1.807, 2.05) is 42.5 Å². The molecule has 7 nitrogen and oxygen atoms in total. The molecule has 2 aromatic carbocycles. The smallest absolute Gasteiger partial charge is 0.258 e. The van der Waals surface area contributed by atoms with E-state index < -0.39 is 0 Å². The van der Waals surface area contributed by atoms with Gasteiger partial charge in [0.25, 0.3) is 5.56 Å². The van der Waals surface area contributed by atoms with Gasteiger partial charge in [0.2, 0.25) is 5.95 Å². The third kappa shape index (κ3) is 3.38. The first-order valence-electron chi connectivity index (χ1n) is 10.1. The molecule has 7 heteroatoms. The second kappa shape index (κ2) is 7.33. The standard InChI is InChI=1S/C22H24N6O/c1-15(20-23-17-8-3-2-7-16(17)21(29)26-20)27-11-6-12-28(14-13-27)22-24-18-9-4-5-10-19(18)25-22/h2-5,7-10,15H,6,11-14H2,1H3,(H,24,25)(H,23,26,29)/t15-/m0/s1. The highest BCUT2D eigenvalue weighted by Gasteiger charge is 2.23. The maximum Gasteiger partial charge on any atom is 0.258 e. The molecule has 0 unspecified atom stereocenters. The van der Waals surface area contributed by atoms with Gasteiger partial charge < -0.3 is 14.9 Å². The van der Waals surface area contributed by atoms with E-state index in [0.717, 1.165) is 60.9 Å². The van der Waals surface area contributed by atoms with Crippen LogP contribution in [0.15, 0.2) is 53.3 Å². The fourth-order valence-corrected chi connectivity index (χ4v) is 4.10. The summed E-state index contributed by atoms with van der Waals surface area (Å²) in [6, 6.07) is 15.7. The van der Waals surface area contributed by atoms with Gasteiger partial charge in [0.1, 0.15) is 5.82 Å². The minimum atomic E-state index is -0.0730. The topological polar surface area (TPSA) is 80.9 Å². The van der Waals surface area contributed by atoms with Gasteiger partial charge in [0.15, 0.2) is 0 Å². The Kier molecular flexibility index (Phi) is 4.52. The number of aromatic nitrogens is 4. The second-order valence-corrected chi connectivity index (χ2v) is 7.60. The number of anilines is 1. The van der Waals surface area contributed by atoms with Crippen molar-refractivity contribution in [2.75, 3.05) is 31.1 Å². The van der Waals surface area contributed by atoms with Gasteiger partial charge in [-0.25, -0.2) is 9.97 Å². The summed E-state index contributed by atoms with van der Waals surface area (Å²) < 4.78 is 0.